The molecule has 2 rings (SSSR count). The minimum absolute atomic E-state index is 0.00732. The fraction of sp³-hybridized carbons (Fsp3) is 0.357. The zero-order chi connectivity index (χ0) is 16.1. The summed E-state index contributed by atoms with van der Waals surface area (Å²) in [5, 5.41) is 6.82. The van der Waals surface area contributed by atoms with Crippen molar-refractivity contribution in [3.05, 3.63) is 36.3 Å². The molecule has 2 aromatic heterocycles. The van der Waals surface area contributed by atoms with E-state index in [0.29, 0.717) is 23.7 Å². The summed E-state index contributed by atoms with van der Waals surface area (Å²) in [6, 6.07) is 3.74. The predicted octanol–water partition coefficient (Wildman–Crippen LogP) is 0.329. The van der Waals surface area contributed by atoms with E-state index in [1.165, 1.54) is 11.1 Å². The zero-order valence-corrected chi connectivity index (χ0v) is 13.5. The van der Waals surface area contributed by atoms with Gasteiger partial charge in [0, 0.05) is 38.8 Å². The second-order valence-electron chi connectivity index (χ2n) is 4.83. The molecule has 2 amide bonds. The SMILES string of the molecule is CN(CC(=O)NCCS)C(=O)c1cnn(C)c1-n1cccc1. The van der Waals surface area contributed by atoms with Gasteiger partial charge < -0.3 is 14.8 Å². The van der Waals surface area contributed by atoms with Gasteiger partial charge in [0.1, 0.15) is 11.4 Å². The monoisotopic (exact) mass is 321 g/mol. The van der Waals surface area contributed by atoms with Crippen molar-refractivity contribution >= 4 is 24.4 Å². The summed E-state index contributed by atoms with van der Waals surface area (Å²) in [4.78, 5) is 25.6. The summed E-state index contributed by atoms with van der Waals surface area (Å²) in [6.45, 7) is 0.470. The molecule has 0 aliphatic carbocycles. The minimum atomic E-state index is -0.252. The summed E-state index contributed by atoms with van der Waals surface area (Å²) in [6.07, 6.45) is 5.19. The molecule has 0 aliphatic heterocycles. The van der Waals surface area contributed by atoms with Gasteiger partial charge in [-0.15, -0.1) is 0 Å². The highest BCUT2D eigenvalue weighted by atomic mass is 32.1. The molecule has 0 fully saturated rings. The molecule has 0 aliphatic rings. The van der Waals surface area contributed by atoms with Gasteiger partial charge in [0.05, 0.1) is 12.7 Å². The first-order valence-electron chi connectivity index (χ1n) is 6.83. The van der Waals surface area contributed by atoms with Crippen molar-refractivity contribution in [1.82, 2.24) is 24.6 Å². The lowest BCUT2D eigenvalue weighted by Crippen LogP contribution is -2.39. The summed E-state index contributed by atoms with van der Waals surface area (Å²) in [5.41, 5.74) is 0.447. The summed E-state index contributed by atoms with van der Waals surface area (Å²) in [7, 11) is 3.36. The molecule has 0 spiro atoms. The molecule has 0 radical (unpaired) electrons. The molecule has 2 heterocycles. The van der Waals surface area contributed by atoms with Crippen molar-refractivity contribution in [2.75, 3.05) is 25.9 Å². The van der Waals surface area contributed by atoms with Crippen molar-refractivity contribution < 1.29 is 9.59 Å². The van der Waals surface area contributed by atoms with Crippen molar-refractivity contribution in [2.24, 2.45) is 7.05 Å². The largest absolute Gasteiger partial charge is 0.354 e. The van der Waals surface area contributed by atoms with E-state index in [9.17, 15) is 9.59 Å². The molecule has 8 heteroatoms. The van der Waals surface area contributed by atoms with Crippen LogP contribution >= 0.6 is 12.6 Å². The zero-order valence-electron chi connectivity index (χ0n) is 12.6. The van der Waals surface area contributed by atoms with Crippen LogP contribution in [0, 0.1) is 0 Å². The van der Waals surface area contributed by atoms with Crippen molar-refractivity contribution in [2.45, 2.75) is 0 Å². The fourth-order valence-electron chi connectivity index (χ4n) is 2.11. The number of hydrogen-bond acceptors (Lipinski definition) is 4. The molecular formula is C14H19N5O2S. The summed E-state index contributed by atoms with van der Waals surface area (Å²) >= 11 is 4.03. The number of aromatic nitrogens is 3. The van der Waals surface area contributed by atoms with E-state index in [1.54, 1.807) is 18.8 Å². The van der Waals surface area contributed by atoms with Crippen LogP contribution < -0.4 is 5.32 Å². The van der Waals surface area contributed by atoms with E-state index in [1.807, 2.05) is 29.1 Å². The number of rotatable bonds is 6. The standard InChI is InChI=1S/C14H19N5O2S/c1-17(10-12(20)15-5-8-22)14(21)11-9-16-18(2)13(11)19-6-3-4-7-19/h3-4,6-7,9,22H,5,8,10H2,1-2H3,(H,15,20). The molecule has 1 N–H and O–H groups in total. The van der Waals surface area contributed by atoms with Crippen molar-refractivity contribution in [1.29, 1.82) is 0 Å². The van der Waals surface area contributed by atoms with Crippen LogP contribution in [0.3, 0.4) is 0 Å². The molecule has 0 unspecified atom stereocenters. The van der Waals surface area contributed by atoms with Gasteiger partial charge in [-0.05, 0) is 12.1 Å². The fourth-order valence-corrected chi connectivity index (χ4v) is 2.22. The Balaban J connectivity index is 2.15. The average Bonchev–Trinajstić information content (AvgIpc) is 3.13. The Hall–Kier alpha value is -2.22. The smallest absolute Gasteiger partial charge is 0.259 e. The van der Waals surface area contributed by atoms with Crippen molar-refractivity contribution in [3.8, 4) is 5.82 Å². The summed E-state index contributed by atoms with van der Waals surface area (Å²) < 4.78 is 3.44. The quantitative estimate of drug-likeness (QED) is 0.753. The molecule has 2 aromatic rings. The van der Waals surface area contributed by atoms with Gasteiger partial charge in [-0.3, -0.25) is 14.3 Å². The van der Waals surface area contributed by atoms with E-state index < -0.39 is 0 Å². The predicted molar refractivity (Wildman–Crippen MR) is 86.4 cm³/mol. The van der Waals surface area contributed by atoms with Gasteiger partial charge >= 0.3 is 0 Å². The first-order valence-corrected chi connectivity index (χ1v) is 7.46. The molecule has 0 aromatic carbocycles. The van der Waals surface area contributed by atoms with Crippen LogP contribution in [0.4, 0.5) is 0 Å². The number of nitrogens with one attached hydrogen (secondary N) is 1. The van der Waals surface area contributed by atoms with Gasteiger partial charge in [-0.2, -0.15) is 17.7 Å². The first kappa shape index (κ1) is 16.2. The van der Waals surface area contributed by atoms with Crippen LogP contribution in [0.25, 0.3) is 5.82 Å². The molecule has 0 saturated heterocycles. The second kappa shape index (κ2) is 7.17. The van der Waals surface area contributed by atoms with Gasteiger partial charge in [-0.1, -0.05) is 0 Å². The second-order valence-corrected chi connectivity index (χ2v) is 5.28. The third-order valence-electron chi connectivity index (χ3n) is 3.15. The number of likely N-dealkylation sites (N-methyl/N-ethyl adjacent to an activating group) is 1. The number of carbonyl (C=O) groups is 2. The third-order valence-corrected chi connectivity index (χ3v) is 3.37. The lowest BCUT2D eigenvalue weighted by Gasteiger charge is -2.17. The molecule has 0 bridgehead atoms. The molecule has 0 atom stereocenters. The Morgan fingerprint density at radius 1 is 1.36 bits per heavy atom. The molecule has 118 valence electrons. The van der Waals surface area contributed by atoms with Crippen LogP contribution in [0.1, 0.15) is 10.4 Å². The number of thiol groups is 1. The third kappa shape index (κ3) is 3.51. The number of nitrogens with zero attached hydrogens (tertiary/aromatic N) is 4. The Morgan fingerprint density at radius 2 is 2.05 bits per heavy atom. The Labute approximate surface area is 134 Å². The highest BCUT2D eigenvalue weighted by Gasteiger charge is 2.21. The maximum Gasteiger partial charge on any atom is 0.259 e. The lowest BCUT2D eigenvalue weighted by atomic mass is 10.2. The molecule has 7 nitrogen and oxygen atoms in total. The first-order chi connectivity index (χ1) is 10.5. The van der Waals surface area contributed by atoms with Gasteiger partial charge in [0.25, 0.3) is 5.91 Å². The minimum Gasteiger partial charge on any atom is -0.354 e. The Morgan fingerprint density at radius 3 is 2.68 bits per heavy atom. The maximum absolute atomic E-state index is 12.5. The number of amides is 2. The number of hydrogen-bond donors (Lipinski definition) is 2. The van der Waals surface area contributed by atoms with Crippen LogP contribution in [-0.2, 0) is 11.8 Å². The van der Waals surface area contributed by atoms with E-state index in [0.717, 1.165) is 0 Å². The topological polar surface area (TPSA) is 72.2 Å². The molecule has 0 saturated carbocycles. The van der Waals surface area contributed by atoms with E-state index in [4.69, 9.17) is 0 Å². The lowest BCUT2D eigenvalue weighted by molar-refractivity contribution is -0.121. The van der Waals surface area contributed by atoms with Gasteiger partial charge in [0.15, 0.2) is 0 Å². The molecular weight excluding hydrogens is 302 g/mol. The van der Waals surface area contributed by atoms with Crippen LogP contribution in [0.15, 0.2) is 30.7 Å². The van der Waals surface area contributed by atoms with Crippen LogP contribution in [0.5, 0.6) is 0 Å². The van der Waals surface area contributed by atoms with Crippen LogP contribution in [0.2, 0.25) is 0 Å². The highest BCUT2D eigenvalue weighted by Crippen LogP contribution is 2.15. The van der Waals surface area contributed by atoms with Crippen molar-refractivity contribution in [3.63, 3.8) is 0 Å². The number of carbonyl (C=O) groups excluding carboxylic acids is 2. The van der Waals surface area contributed by atoms with E-state index in [-0.39, 0.29) is 18.4 Å². The maximum atomic E-state index is 12.5. The number of aryl methyl sites for hydroxylation is 1. The average molecular weight is 321 g/mol. The normalized spacial score (nSPS) is 10.5. The van der Waals surface area contributed by atoms with E-state index >= 15 is 0 Å². The van der Waals surface area contributed by atoms with Crippen LogP contribution in [-0.4, -0.2) is 57.0 Å². The van der Waals surface area contributed by atoms with Gasteiger partial charge in [0.2, 0.25) is 5.91 Å². The van der Waals surface area contributed by atoms with E-state index in [2.05, 4.69) is 23.0 Å². The summed E-state index contributed by atoms with van der Waals surface area (Å²) in [5.74, 6) is 0.760. The van der Waals surface area contributed by atoms with Gasteiger partial charge in [-0.25, -0.2) is 0 Å². The molecule has 22 heavy (non-hydrogen) atoms. The Bertz CT molecular complexity index is 650. The Kier molecular flexibility index (Phi) is 5.26. The highest BCUT2D eigenvalue weighted by molar-refractivity contribution is 7.80.